The molecule has 4 heteroatoms. The number of fused-ring (bicyclic) bond motifs is 1. The molecule has 1 aliphatic rings. The van der Waals surface area contributed by atoms with Gasteiger partial charge in [0.1, 0.15) is 5.00 Å². The minimum atomic E-state index is -0.880. The standard InChI is InChI=1S/C10H13NO2S/c1-5-2-3-7-6(4-5)8(10(12)13)9(11)14-7/h5H,2-4,11H2,1H3,(H,12,13). The summed E-state index contributed by atoms with van der Waals surface area (Å²) in [6.07, 6.45) is 3.00. The quantitative estimate of drug-likeness (QED) is 0.748. The fraction of sp³-hybridized carbons (Fsp3) is 0.500. The van der Waals surface area contributed by atoms with E-state index in [9.17, 15) is 4.79 Å². The fourth-order valence-electron chi connectivity index (χ4n) is 2.01. The Hall–Kier alpha value is -1.03. The Balaban J connectivity index is 2.50. The van der Waals surface area contributed by atoms with Crippen molar-refractivity contribution in [3.63, 3.8) is 0 Å². The third kappa shape index (κ3) is 1.39. The summed E-state index contributed by atoms with van der Waals surface area (Å²) in [5.74, 6) is -0.302. The third-order valence-corrected chi connectivity index (χ3v) is 3.87. The molecular weight excluding hydrogens is 198 g/mol. The monoisotopic (exact) mass is 211 g/mol. The van der Waals surface area contributed by atoms with Crippen LogP contribution in [0.25, 0.3) is 0 Å². The van der Waals surface area contributed by atoms with Crippen LogP contribution in [0.5, 0.6) is 0 Å². The Morgan fingerprint density at radius 3 is 3.00 bits per heavy atom. The van der Waals surface area contributed by atoms with Gasteiger partial charge in [-0.3, -0.25) is 0 Å². The fourth-order valence-corrected chi connectivity index (χ4v) is 3.12. The van der Waals surface area contributed by atoms with Crippen LogP contribution in [-0.4, -0.2) is 11.1 Å². The van der Waals surface area contributed by atoms with E-state index in [1.807, 2.05) is 0 Å². The van der Waals surface area contributed by atoms with Crippen molar-refractivity contribution < 1.29 is 9.90 Å². The predicted molar refractivity (Wildman–Crippen MR) is 56.9 cm³/mol. The van der Waals surface area contributed by atoms with Crippen LogP contribution >= 0.6 is 11.3 Å². The van der Waals surface area contributed by atoms with Gasteiger partial charge in [0.05, 0.1) is 5.56 Å². The van der Waals surface area contributed by atoms with Gasteiger partial charge in [0.15, 0.2) is 0 Å². The van der Waals surface area contributed by atoms with Gasteiger partial charge in [-0.1, -0.05) is 6.92 Å². The van der Waals surface area contributed by atoms with Crippen LogP contribution in [0.15, 0.2) is 0 Å². The summed E-state index contributed by atoms with van der Waals surface area (Å²) in [6, 6.07) is 0. The molecule has 0 aliphatic heterocycles. The molecule has 3 N–H and O–H groups in total. The molecule has 2 rings (SSSR count). The third-order valence-electron chi connectivity index (χ3n) is 2.75. The van der Waals surface area contributed by atoms with Crippen molar-refractivity contribution in [1.82, 2.24) is 0 Å². The molecule has 3 nitrogen and oxygen atoms in total. The molecule has 1 aromatic heterocycles. The summed E-state index contributed by atoms with van der Waals surface area (Å²) in [7, 11) is 0. The molecule has 0 saturated carbocycles. The molecule has 1 heterocycles. The molecule has 14 heavy (non-hydrogen) atoms. The largest absolute Gasteiger partial charge is 0.478 e. The van der Waals surface area contributed by atoms with Crippen molar-refractivity contribution in [2.75, 3.05) is 5.73 Å². The first-order chi connectivity index (χ1) is 6.59. The highest BCUT2D eigenvalue weighted by atomic mass is 32.1. The maximum atomic E-state index is 11.0. The second kappa shape index (κ2) is 3.28. The Morgan fingerprint density at radius 1 is 1.64 bits per heavy atom. The molecule has 0 saturated heterocycles. The number of anilines is 1. The zero-order valence-corrected chi connectivity index (χ0v) is 8.86. The molecular formula is C10H13NO2S. The van der Waals surface area contributed by atoms with Gasteiger partial charge in [-0.25, -0.2) is 4.79 Å². The number of thiophene rings is 1. The number of nitrogen functional groups attached to an aromatic ring is 1. The lowest BCUT2D eigenvalue weighted by molar-refractivity contribution is 0.0697. The molecule has 1 aromatic rings. The maximum Gasteiger partial charge on any atom is 0.338 e. The SMILES string of the molecule is CC1CCc2sc(N)c(C(=O)O)c2C1. The highest BCUT2D eigenvalue weighted by Crippen LogP contribution is 2.37. The van der Waals surface area contributed by atoms with Gasteiger partial charge in [0, 0.05) is 4.88 Å². The molecule has 1 aliphatic carbocycles. The number of hydrogen-bond acceptors (Lipinski definition) is 3. The second-order valence-corrected chi connectivity index (χ2v) is 5.03. The Kier molecular flexibility index (Phi) is 2.23. The first-order valence-electron chi connectivity index (χ1n) is 4.73. The summed E-state index contributed by atoms with van der Waals surface area (Å²) >= 11 is 1.44. The van der Waals surface area contributed by atoms with Gasteiger partial charge >= 0.3 is 5.97 Å². The Morgan fingerprint density at radius 2 is 2.36 bits per heavy atom. The summed E-state index contributed by atoms with van der Waals surface area (Å²) in [6.45, 7) is 2.16. The van der Waals surface area contributed by atoms with E-state index in [1.165, 1.54) is 16.2 Å². The van der Waals surface area contributed by atoms with Gasteiger partial charge in [0.25, 0.3) is 0 Å². The number of carbonyl (C=O) groups is 1. The highest BCUT2D eigenvalue weighted by Gasteiger charge is 2.26. The number of nitrogens with two attached hydrogens (primary N) is 1. The summed E-state index contributed by atoms with van der Waals surface area (Å²) < 4.78 is 0. The molecule has 0 fully saturated rings. The number of carboxylic acids is 1. The summed E-state index contributed by atoms with van der Waals surface area (Å²) in [4.78, 5) is 12.2. The smallest absolute Gasteiger partial charge is 0.338 e. The number of aromatic carboxylic acids is 1. The number of carboxylic acid groups (broad SMARTS) is 1. The first kappa shape index (κ1) is 9.52. The minimum Gasteiger partial charge on any atom is -0.478 e. The average Bonchev–Trinajstić information content (AvgIpc) is 2.40. The topological polar surface area (TPSA) is 63.3 Å². The van der Waals surface area contributed by atoms with Crippen molar-refractivity contribution in [3.8, 4) is 0 Å². The van der Waals surface area contributed by atoms with Gasteiger partial charge < -0.3 is 10.8 Å². The Labute approximate surface area is 86.6 Å². The van der Waals surface area contributed by atoms with E-state index < -0.39 is 5.97 Å². The Bertz CT molecular complexity index is 384. The van der Waals surface area contributed by atoms with Crippen molar-refractivity contribution in [3.05, 3.63) is 16.0 Å². The van der Waals surface area contributed by atoms with E-state index >= 15 is 0 Å². The summed E-state index contributed by atoms with van der Waals surface area (Å²) in [5, 5.41) is 9.49. The van der Waals surface area contributed by atoms with Gasteiger partial charge in [-0.05, 0) is 30.7 Å². The zero-order valence-electron chi connectivity index (χ0n) is 8.04. The minimum absolute atomic E-state index is 0.358. The lowest BCUT2D eigenvalue weighted by Crippen LogP contribution is -2.12. The molecule has 1 atom stereocenters. The van der Waals surface area contributed by atoms with Crippen LogP contribution in [0.2, 0.25) is 0 Å². The van der Waals surface area contributed by atoms with E-state index in [4.69, 9.17) is 10.8 Å². The lowest BCUT2D eigenvalue weighted by Gasteiger charge is -2.18. The van der Waals surface area contributed by atoms with E-state index in [0.717, 1.165) is 24.8 Å². The number of rotatable bonds is 1. The molecule has 1 unspecified atom stereocenters. The molecule has 0 radical (unpaired) electrons. The molecule has 0 amide bonds. The van der Waals surface area contributed by atoms with Gasteiger partial charge in [-0.15, -0.1) is 11.3 Å². The summed E-state index contributed by atoms with van der Waals surface area (Å²) in [5.41, 5.74) is 7.05. The van der Waals surface area contributed by atoms with Crippen molar-refractivity contribution in [1.29, 1.82) is 0 Å². The van der Waals surface area contributed by atoms with Crippen molar-refractivity contribution in [2.24, 2.45) is 5.92 Å². The molecule has 0 bridgehead atoms. The van der Waals surface area contributed by atoms with Crippen molar-refractivity contribution >= 4 is 22.3 Å². The van der Waals surface area contributed by atoms with E-state index in [-0.39, 0.29) is 0 Å². The van der Waals surface area contributed by atoms with E-state index in [1.54, 1.807) is 0 Å². The lowest BCUT2D eigenvalue weighted by atomic mass is 9.88. The van der Waals surface area contributed by atoms with Crippen LogP contribution in [-0.2, 0) is 12.8 Å². The van der Waals surface area contributed by atoms with Crippen LogP contribution in [0.3, 0.4) is 0 Å². The first-order valence-corrected chi connectivity index (χ1v) is 5.54. The van der Waals surface area contributed by atoms with Gasteiger partial charge in [-0.2, -0.15) is 0 Å². The van der Waals surface area contributed by atoms with E-state index in [0.29, 0.717) is 16.5 Å². The highest BCUT2D eigenvalue weighted by molar-refractivity contribution is 7.16. The average molecular weight is 211 g/mol. The number of hydrogen-bond donors (Lipinski definition) is 2. The van der Waals surface area contributed by atoms with Crippen LogP contribution in [0.1, 0.15) is 34.1 Å². The maximum absolute atomic E-state index is 11.0. The predicted octanol–water partition coefficient (Wildman–Crippen LogP) is 2.15. The normalized spacial score (nSPS) is 20.5. The van der Waals surface area contributed by atoms with E-state index in [2.05, 4.69) is 6.92 Å². The zero-order chi connectivity index (χ0) is 10.3. The molecule has 76 valence electrons. The second-order valence-electron chi connectivity index (χ2n) is 3.90. The van der Waals surface area contributed by atoms with Crippen LogP contribution < -0.4 is 5.73 Å². The molecule has 0 spiro atoms. The van der Waals surface area contributed by atoms with Crippen LogP contribution in [0, 0.1) is 5.92 Å². The molecule has 0 aromatic carbocycles. The van der Waals surface area contributed by atoms with Crippen LogP contribution in [0.4, 0.5) is 5.00 Å². The number of aryl methyl sites for hydroxylation is 1. The van der Waals surface area contributed by atoms with Crippen molar-refractivity contribution in [2.45, 2.75) is 26.2 Å². The van der Waals surface area contributed by atoms with Gasteiger partial charge in [0.2, 0.25) is 0 Å².